The summed E-state index contributed by atoms with van der Waals surface area (Å²) in [6.45, 7) is 10.0. The molecule has 246 valence electrons. The normalized spacial score (nSPS) is 14.8. The third kappa shape index (κ3) is 10.4. The Balaban J connectivity index is 1.44. The number of alkyl halides is 3. The average Bonchev–Trinajstić information content (AvgIpc) is 3.43. The molecule has 1 fully saturated rings. The number of para-hydroxylation sites is 1. The Labute approximate surface area is 266 Å². The molecular formula is C34H38F4N4O4. The second-order valence-corrected chi connectivity index (χ2v) is 12.0. The van der Waals surface area contributed by atoms with Gasteiger partial charge < -0.3 is 29.9 Å². The summed E-state index contributed by atoms with van der Waals surface area (Å²) in [7, 11) is 0. The van der Waals surface area contributed by atoms with Crippen molar-refractivity contribution in [1.29, 1.82) is 0 Å². The zero-order chi connectivity index (χ0) is 33.5. The van der Waals surface area contributed by atoms with Crippen molar-refractivity contribution >= 4 is 17.7 Å². The van der Waals surface area contributed by atoms with E-state index in [0.717, 1.165) is 12.1 Å². The maximum atomic E-state index is 13.9. The monoisotopic (exact) mass is 642 g/mol. The first-order chi connectivity index (χ1) is 21.6. The predicted octanol–water partition coefficient (Wildman–Crippen LogP) is 6.87. The second kappa shape index (κ2) is 14.6. The Morgan fingerprint density at radius 3 is 2.30 bits per heavy atom. The summed E-state index contributed by atoms with van der Waals surface area (Å²) in [6, 6.07) is 18.4. The maximum absolute atomic E-state index is 13.9. The van der Waals surface area contributed by atoms with Crippen LogP contribution in [0.25, 0.3) is 0 Å². The van der Waals surface area contributed by atoms with Gasteiger partial charge in [0.25, 0.3) is 0 Å². The van der Waals surface area contributed by atoms with E-state index in [1.165, 1.54) is 0 Å². The van der Waals surface area contributed by atoms with Gasteiger partial charge in [-0.25, -0.2) is 9.18 Å². The number of nitrogens with zero attached hydrogens (tertiary/aromatic N) is 2. The van der Waals surface area contributed by atoms with Crippen molar-refractivity contribution in [3.05, 3.63) is 102 Å². The quantitative estimate of drug-likeness (QED) is 0.222. The van der Waals surface area contributed by atoms with E-state index in [2.05, 4.69) is 17.2 Å². The van der Waals surface area contributed by atoms with Crippen LogP contribution in [0, 0.1) is 5.82 Å². The Bertz CT molecular complexity index is 1510. The Hall–Kier alpha value is -4.74. The van der Waals surface area contributed by atoms with E-state index in [9.17, 15) is 27.2 Å². The molecule has 1 saturated heterocycles. The summed E-state index contributed by atoms with van der Waals surface area (Å²) in [4.78, 5) is 29.1. The number of ether oxygens (including phenoxy) is 2. The zero-order valence-electron chi connectivity index (χ0n) is 26.0. The van der Waals surface area contributed by atoms with Gasteiger partial charge in [0.05, 0.1) is 24.7 Å². The second-order valence-electron chi connectivity index (χ2n) is 12.0. The van der Waals surface area contributed by atoms with Gasteiger partial charge >= 0.3 is 12.3 Å². The van der Waals surface area contributed by atoms with E-state index in [1.807, 2.05) is 30.3 Å². The number of carbonyl (C=O) groups is 2. The molecule has 0 radical (unpaired) electrons. The fourth-order valence-electron chi connectivity index (χ4n) is 4.86. The highest BCUT2D eigenvalue weighted by atomic mass is 19.4. The van der Waals surface area contributed by atoms with Crippen molar-refractivity contribution in [3.63, 3.8) is 0 Å². The van der Waals surface area contributed by atoms with Gasteiger partial charge in [0, 0.05) is 31.0 Å². The van der Waals surface area contributed by atoms with Gasteiger partial charge in [-0.3, -0.25) is 4.79 Å². The number of halogens is 4. The van der Waals surface area contributed by atoms with Gasteiger partial charge in [0.2, 0.25) is 5.91 Å². The van der Waals surface area contributed by atoms with Crippen LogP contribution in [-0.4, -0.2) is 54.7 Å². The van der Waals surface area contributed by atoms with Crippen LogP contribution in [-0.2, 0) is 22.3 Å². The van der Waals surface area contributed by atoms with Crippen LogP contribution >= 0.6 is 0 Å². The molecule has 3 aromatic carbocycles. The maximum Gasteiger partial charge on any atom is 0.416 e. The molecular weight excluding hydrogens is 604 g/mol. The molecule has 0 bridgehead atoms. The molecule has 0 aromatic heterocycles. The number of nitrogens with one attached hydrogen (secondary N) is 2. The summed E-state index contributed by atoms with van der Waals surface area (Å²) in [5, 5.41) is 5.77. The van der Waals surface area contributed by atoms with Crippen LogP contribution in [0.3, 0.4) is 0 Å². The molecule has 1 atom stereocenters. The van der Waals surface area contributed by atoms with Gasteiger partial charge in [0.1, 0.15) is 22.9 Å². The van der Waals surface area contributed by atoms with Crippen LogP contribution in [0.5, 0.6) is 11.5 Å². The lowest BCUT2D eigenvalue weighted by molar-refractivity contribution is -0.137. The predicted molar refractivity (Wildman–Crippen MR) is 167 cm³/mol. The number of anilines is 1. The first-order valence-electron chi connectivity index (χ1n) is 14.8. The fraction of sp³-hybridized carbons (Fsp3) is 0.353. The van der Waals surface area contributed by atoms with Crippen LogP contribution in [0.15, 0.2) is 85.1 Å². The SMILES string of the molecule is C=C(CN(CC(=O)N1CC[C@H](NC(=O)OC(C)(C)C)C1)c1ccc(Oc2ccccc2)cc1)NCc1cc(F)cc(C(F)(F)F)c1. The molecule has 0 saturated carbocycles. The third-order valence-corrected chi connectivity index (χ3v) is 6.98. The van der Waals surface area contributed by atoms with Crippen LogP contribution in [0.4, 0.5) is 28.0 Å². The van der Waals surface area contributed by atoms with Gasteiger partial charge in [0.15, 0.2) is 0 Å². The van der Waals surface area contributed by atoms with Crippen molar-refractivity contribution in [2.75, 3.05) is 31.1 Å². The summed E-state index contributed by atoms with van der Waals surface area (Å²) < 4.78 is 64.6. The minimum atomic E-state index is -4.68. The van der Waals surface area contributed by atoms with E-state index in [4.69, 9.17) is 9.47 Å². The number of rotatable bonds is 11. The molecule has 1 aliphatic rings. The molecule has 46 heavy (non-hydrogen) atoms. The van der Waals surface area contributed by atoms with Gasteiger partial charge in [-0.2, -0.15) is 13.2 Å². The standard InChI is InChI=1S/C34H38F4N4O4/c1-23(39-19-24-16-25(34(36,37)38)18-26(35)17-24)20-42(28-10-12-30(13-11-28)45-29-8-6-5-7-9-29)22-31(43)41-15-14-27(21-41)40-32(44)46-33(2,3)4/h5-13,16-18,27,39H,1,14-15,19-22H2,2-4H3,(H,40,44)/t27-/m0/s1. The lowest BCUT2D eigenvalue weighted by Crippen LogP contribution is -2.44. The highest BCUT2D eigenvalue weighted by molar-refractivity contribution is 5.82. The van der Waals surface area contributed by atoms with E-state index >= 15 is 0 Å². The number of hydrogen-bond acceptors (Lipinski definition) is 6. The number of alkyl carbamates (subject to hydrolysis) is 1. The van der Waals surface area contributed by atoms with E-state index in [1.54, 1.807) is 54.8 Å². The van der Waals surface area contributed by atoms with E-state index in [0.29, 0.717) is 48.5 Å². The Morgan fingerprint density at radius 1 is 0.978 bits per heavy atom. The van der Waals surface area contributed by atoms with Crippen LogP contribution in [0.1, 0.15) is 38.3 Å². The minimum absolute atomic E-state index is 0.0447. The fourth-order valence-corrected chi connectivity index (χ4v) is 4.86. The number of benzene rings is 3. The molecule has 1 aliphatic heterocycles. The molecule has 1 heterocycles. The number of hydrogen-bond donors (Lipinski definition) is 2. The van der Waals surface area contributed by atoms with E-state index in [-0.39, 0.29) is 37.1 Å². The molecule has 2 N–H and O–H groups in total. The Kier molecular flexibility index (Phi) is 10.8. The summed E-state index contributed by atoms with van der Waals surface area (Å²) in [6.07, 6.45) is -4.66. The summed E-state index contributed by atoms with van der Waals surface area (Å²) in [5.41, 5.74) is -0.554. The molecule has 4 rings (SSSR count). The highest BCUT2D eigenvalue weighted by Gasteiger charge is 2.32. The van der Waals surface area contributed by atoms with Gasteiger partial charge in [-0.1, -0.05) is 24.8 Å². The van der Waals surface area contributed by atoms with Gasteiger partial charge in [-0.15, -0.1) is 0 Å². The molecule has 12 heteroatoms. The van der Waals surface area contributed by atoms with Crippen molar-refractivity contribution in [3.8, 4) is 11.5 Å². The molecule has 0 spiro atoms. The Morgan fingerprint density at radius 2 is 1.65 bits per heavy atom. The first-order valence-corrected chi connectivity index (χ1v) is 14.8. The minimum Gasteiger partial charge on any atom is -0.457 e. The van der Waals surface area contributed by atoms with Crippen molar-refractivity contribution in [2.45, 2.75) is 51.6 Å². The summed E-state index contributed by atoms with van der Waals surface area (Å²) >= 11 is 0. The number of amides is 2. The van der Waals surface area contributed by atoms with Crippen molar-refractivity contribution < 1.29 is 36.6 Å². The van der Waals surface area contributed by atoms with Crippen LogP contribution in [0.2, 0.25) is 0 Å². The summed E-state index contributed by atoms with van der Waals surface area (Å²) in [5.74, 6) is 0.0630. The highest BCUT2D eigenvalue weighted by Crippen LogP contribution is 2.30. The lowest BCUT2D eigenvalue weighted by Gasteiger charge is -2.28. The topological polar surface area (TPSA) is 83.1 Å². The average molecular weight is 643 g/mol. The number of likely N-dealkylation sites (tertiary alicyclic amines) is 1. The smallest absolute Gasteiger partial charge is 0.416 e. The van der Waals surface area contributed by atoms with Crippen molar-refractivity contribution in [1.82, 2.24) is 15.5 Å². The van der Waals surface area contributed by atoms with Gasteiger partial charge in [-0.05, 0) is 87.4 Å². The zero-order valence-corrected chi connectivity index (χ0v) is 26.0. The molecule has 3 aromatic rings. The third-order valence-electron chi connectivity index (χ3n) is 6.98. The molecule has 0 unspecified atom stereocenters. The molecule has 2 amide bonds. The van der Waals surface area contributed by atoms with Crippen molar-refractivity contribution in [2.24, 2.45) is 0 Å². The van der Waals surface area contributed by atoms with E-state index < -0.39 is 29.3 Å². The van der Waals surface area contributed by atoms with Crippen LogP contribution < -0.4 is 20.3 Å². The molecule has 0 aliphatic carbocycles. The molecule has 8 nitrogen and oxygen atoms in total. The largest absolute Gasteiger partial charge is 0.457 e. The first kappa shape index (κ1) is 34.1. The lowest BCUT2D eigenvalue weighted by atomic mass is 10.1. The number of carbonyl (C=O) groups excluding carboxylic acids is 2.